The van der Waals surface area contributed by atoms with E-state index in [1.165, 1.54) is 22.8 Å². The van der Waals surface area contributed by atoms with Crippen LogP contribution in [0.25, 0.3) is 0 Å². The summed E-state index contributed by atoms with van der Waals surface area (Å²) in [5.41, 5.74) is 7.18. The van der Waals surface area contributed by atoms with Gasteiger partial charge < -0.3 is 0 Å². The highest BCUT2D eigenvalue weighted by molar-refractivity contribution is 8.68. The molecule has 0 radical (unpaired) electrons. The second-order valence-electron chi connectivity index (χ2n) is 5.75. The van der Waals surface area contributed by atoms with Crippen molar-refractivity contribution >= 4 is 40.4 Å². The SMILES string of the molecule is Cc1c(C)[n+](C)c(P(=S)(S)c2n(C)c(C)c(C)[n+]2C)n1C. The lowest BCUT2D eigenvalue weighted by molar-refractivity contribution is -0.662. The summed E-state index contributed by atoms with van der Waals surface area (Å²) in [7, 11) is 8.32. The molecule has 21 heavy (non-hydrogen) atoms. The second-order valence-corrected chi connectivity index (χ2v) is 12.0. The van der Waals surface area contributed by atoms with E-state index in [2.05, 4.69) is 74.2 Å². The topological polar surface area (TPSA) is 17.6 Å². The first-order valence-corrected chi connectivity index (χ1v) is 10.9. The lowest BCUT2D eigenvalue weighted by Gasteiger charge is -2.10. The van der Waals surface area contributed by atoms with Crippen LogP contribution in [-0.2, 0) is 40.0 Å². The summed E-state index contributed by atoms with van der Waals surface area (Å²) in [4.78, 5) is 0. The van der Waals surface area contributed by atoms with Crippen molar-refractivity contribution in [3.8, 4) is 0 Å². The normalized spacial score (nSPS) is 12.2. The van der Waals surface area contributed by atoms with E-state index in [1.807, 2.05) is 0 Å². The molecule has 0 saturated heterocycles. The molecule has 2 heterocycles. The Bertz CT molecular complexity index is 673. The molecule has 0 fully saturated rings. The molecule has 116 valence electrons. The summed E-state index contributed by atoms with van der Waals surface area (Å²) >= 11 is 11.1. The van der Waals surface area contributed by atoms with Crippen molar-refractivity contribution < 1.29 is 9.13 Å². The molecule has 0 aliphatic rings. The minimum atomic E-state index is -2.18. The second kappa shape index (κ2) is 5.25. The van der Waals surface area contributed by atoms with E-state index in [-0.39, 0.29) is 0 Å². The molecule has 0 spiro atoms. The van der Waals surface area contributed by atoms with Crippen LogP contribution in [0.2, 0.25) is 0 Å². The lowest BCUT2D eigenvalue weighted by Crippen LogP contribution is -2.54. The maximum absolute atomic E-state index is 6.06. The fourth-order valence-electron chi connectivity index (χ4n) is 2.92. The van der Waals surface area contributed by atoms with Gasteiger partial charge in [-0.15, -0.1) is 12.2 Å². The van der Waals surface area contributed by atoms with Gasteiger partial charge in [-0.05, 0) is 0 Å². The minimum Gasteiger partial charge on any atom is -0.229 e. The Kier molecular flexibility index (Phi) is 4.20. The first-order valence-electron chi connectivity index (χ1n) is 6.91. The first-order chi connectivity index (χ1) is 9.53. The highest BCUT2D eigenvalue weighted by Gasteiger charge is 2.42. The largest absolute Gasteiger partial charge is 0.308 e. The Hall–Kier alpha value is -0.580. The zero-order chi connectivity index (χ0) is 16.3. The Morgan fingerprint density at radius 3 is 1.33 bits per heavy atom. The highest BCUT2D eigenvalue weighted by Crippen LogP contribution is 2.47. The van der Waals surface area contributed by atoms with Crippen LogP contribution in [0.15, 0.2) is 0 Å². The van der Waals surface area contributed by atoms with Crippen molar-refractivity contribution in [2.45, 2.75) is 27.7 Å². The van der Waals surface area contributed by atoms with Crippen LogP contribution in [0.4, 0.5) is 0 Å². The van der Waals surface area contributed by atoms with E-state index in [0.717, 1.165) is 11.1 Å². The van der Waals surface area contributed by atoms with Gasteiger partial charge in [0.15, 0.2) is 0 Å². The van der Waals surface area contributed by atoms with Crippen molar-refractivity contribution in [3.63, 3.8) is 0 Å². The smallest absolute Gasteiger partial charge is 0.229 e. The van der Waals surface area contributed by atoms with Crippen molar-refractivity contribution in [2.24, 2.45) is 28.2 Å². The molecule has 0 aromatic carbocycles. The fraction of sp³-hybridized carbons (Fsp3) is 0.571. The summed E-state index contributed by atoms with van der Waals surface area (Å²) in [6.07, 6.45) is 0. The maximum atomic E-state index is 6.06. The Morgan fingerprint density at radius 2 is 1.14 bits per heavy atom. The van der Waals surface area contributed by atoms with Gasteiger partial charge in [0, 0.05) is 27.7 Å². The highest BCUT2D eigenvalue weighted by atomic mass is 32.9. The Morgan fingerprint density at radius 1 is 0.857 bits per heavy atom. The molecule has 0 bridgehead atoms. The van der Waals surface area contributed by atoms with Crippen molar-refractivity contribution in [2.75, 3.05) is 0 Å². The third-order valence-electron chi connectivity index (χ3n) is 4.80. The average molecular weight is 344 g/mol. The molecule has 0 unspecified atom stereocenters. The van der Waals surface area contributed by atoms with Crippen molar-refractivity contribution in [3.05, 3.63) is 22.8 Å². The van der Waals surface area contributed by atoms with Gasteiger partial charge in [0.2, 0.25) is 5.24 Å². The predicted octanol–water partition coefficient (Wildman–Crippen LogP) is 0.521. The number of aromatic nitrogens is 4. The fourth-order valence-corrected chi connectivity index (χ4v) is 8.41. The quantitative estimate of drug-likeness (QED) is 0.478. The van der Waals surface area contributed by atoms with Crippen LogP contribution >= 0.6 is 17.5 Å². The van der Waals surface area contributed by atoms with Crippen LogP contribution in [0.5, 0.6) is 0 Å². The average Bonchev–Trinajstić information content (AvgIpc) is 2.72. The number of nitrogens with zero attached hydrogens (tertiary/aromatic N) is 4. The van der Waals surface area contributed by atoms with Gasteiger partial charge in [-0.3, -0.25) is 0 Å². The molecule has 0 aliphatic carbocycles. The number of hydrogen-bond acceptors (Lipinski definition) is 1. The van der Waals surface area contributed by atoms with Crippen LogP contribution in [0.3, 0.4) is 0 Å². The molecule has 0 atom stereocenters. The number of hydrogen-bond donors (Lipinski definition) is 1. The van der Waals surface area contributed by atoms with Crippen LogP contribution < -0.4 is 20.3 Å². The number of rotatable bonds is 2. The summed E-state index contributed by atoms with van der Waals surface area (Å²) in [6.45, 7) is 8.51. The molecule has 2 aromatic heterocycles. The summed E-state index contributed by atoms with van der Waals surface area (Å²) in [5.74, 6) is 0. The monoisotopic (exact) mass is 344 g/mol. The van der Waals surface area contributed by atoms with Gasteiger partial charge in [-0.25, -0.2) is 18.3 Å². The van der Waals surface area contributed by atoms with E-state index >= 15 is 0 Å². The minimum absolute atomic E-state index is 1.12. The Labute approximate surface area is 137 Å². The van der Waals surface area contributed by atoms with Gasteiger partial charge in [-0.2, -0.15) is 0 Å². The predicted molar refractivity (Wildman–Crippen MR) is 94.7 cm³/mol. The van der Waals surface area contributed by atoms with Crippen LogP contribution in [-0.4, -0.2) is 9.13 Å². The van der Waals surface area contributed by atoms with E-state index in [4.69, 9.17) is 24.1 Å². The van der Waals surface area contributed by atoms with Gasteiger partial charge in [-0.1, -0.05) is 11.8 Å². The molecular weight excluding hydrogens is 319 g/mol. The van der Waals surface area contributed by atoms with E-state index < -0.39 is 5.24 Å². The molecule has 0 aliphatic heterocycles. The van der Waals surface area contributed by atoms with Crippen molar-refractivity contribution in [1.82, 2.24) is 9.13 Å². The first kappa shape index (κ1) is 16.8. The number of thiol groups is 1. The third kappa shape index (κ3) is 2.23. The van der Waals surface area contributed by atoms with Gasteiger partial charge in [0.05, 0.1) is 28.2 Å². The summed E-state index contributed by atoms with van der Waals surface area (Å²) in [5, 5.41) is -2.18. The van der Waals surface area contributed by atoms with E-state index in [1.54, 1.807) is 0 Å². The van der Waals surface area contributed by atoms with Crippen molar-refractivity contribution in [1.29, 1.82) is 0 Å². The van der Waals surface area contributed by atoms with E-state index in [0.29, 0.717) is 0 Å². The molecule has 7 heteroatoms. The molecule has 2 aromatic rings. The van der Waals surface area contributed by atoms with Crippen LogP contribution in [0.1, 0.15) is 22.8 Å². The maximum Gasteiger partial charge on any atom is 0.308 e. The third-order valence-corrected chi connectivity index (χ3v) is 9.14. The van der Waals surface area contributed by atoms with Gasteiger partial charge in [0.25, 0.3) is 0 Å². The molecular formula is C14H25N4PS2+2. The van der Waals surface area contributed by atoms with Gasteiger partial charge in [0.1, 0.15) is 22.8 Å². The standard InChI is InChI=1S/C14H24N4PS2/c1-9-10(2)16(6)13(15(9)5)19(20,21)14-17(7)11(3)12(4)18(14)8/h1-8H3/q+1/p+1. The molecule has 0 N–H and O–H groups in total. The van der Waals surface area contributed by atoms with Crippen LogP contribution in [0, 0.1) is 27.7 Å². The molecule has 0 saturated carbocycles. The molecule has 0 amide bonds. The zero-order valence-corrected chi connectivity index (χ0v) is 16.7. The Balaban J connectivity index is 2.84. The zero-order valence-electron chi connectivity index (χ0n) is 14.1. The summed E-state index contributed by atoms with van der Waals surface area (Å²) < 4.78 is 8.78. The van der Waals surface area contributed by atoms with E-state index in [9.17, 15) is 0 Å². The summed E-state index contributed by atoms with van der Waals surface area (Å²) in [6, 6.07) is 0. The van der Waals surface area contributed by atoms with Gasteiger partial charge >= 0.3 is 11.1 Å². The molecule has 4 nitrogen and oxygen atoms in total. The number of imidazole rings is 2. The lowest BCUT2D eigenvalue weighted by atomic mass is 10.4. The molecule has 2 rings (SSSR count).